The van der Waals surface area contributed by atoms with Gasteiger partial charge in [-0.15, -0.1) is 5.10 Å². The van der Waals surface area contributed by atoms with Crippen molar-refractivity contribution in [2.75, 3.05) is 26.2 Å². The molecule has 0 atom stereocenters. The second kappa shape index (κ2) is 7.29. The van der Waals surface area contributed by atoms with Gasteiger partial charge < -0.3 is 4.90 Å². The van der Waals surface area contributed by atoms with Crippen LogP contribution in [-0.4, -0.2) is 59.3 Å². The van der Waals surface area contributed by atoms with Gasteiger partial charge in [-0.2, -0.15) is 4.31 Å². The zero-order valence-electron chi connectivity index (χ0n) is 16.2. The number of aromatic nitrogens is 2. The fourth-order valence-electron chi connectivity index (χ4n) is 3.40. The van der Waals surface area contributed by atoms with E-state index in [1.54, 1.807) is 11.8 Å². The minimum absolute atomic E-state index is 0.127. The number of sulfonamides is 1. The van der Waals surface area contributed by atoms with Gasteiger partial charge in [-0.1, -0.05) is 10.6 Å². The van der Waals surface area contributed by atoms with E-state index in [0.717, 1.165) is 33.8 Å². The third-order valence-electron chi connectivity index (χ3n) is 5.27. The molecule has 7 nitrogen and oxygen atoms in total. The maximum atomic E-state index is 13.3. The number of benzene rings is 1. The number of aryl methyl sites for hydroxylation is 3. The molecular weight excluding hydrogens is 384 g/mol. The minimum Gasteiger partial charge on any atom is -0.335 e. The zero-order chi connectivity index (χ0) is 19.9. The molecule has 0 unspecified atom stereocenters. The molecule has 1 fully saturated rings. The number of hydrogen-bond acceptors (Lipinski definition) is 6. The molecule has 0 saturated carbocycles. The predicted octanol–water partition coefficient (Wildman–Crippen LogP) is 2.23. The topological polar surface area (TPSA) is 83.5 Å². The summed E-state index contributed by atoms with van der Waals surface area (Å²) in [5.41, 5.74) is 4.14. The van der Waals surface area contributed by atoms with Crippen LogP contribution in [0.4, 0.5) is 0 Å². The molecule has 2 aromatic rings. The van der Waals surface area contributed by atoms with E-state index < -0.39 is 10.0 Å². The SMILES string of the molecule is Cc1cc(C)c(C)c(S(=O)(=O)N2CCN(C(=O)c3snnc3C)CC2)c1C. The Morgan fingerprint density at radius 2 is 1.56 bits per heavy atom. The highest BCUT2D eigenvalue weighted by Gasteiger charge is 2.33. The van der Waals surface area contributed by atoms with Crippen molar-refractivity contribution < 1.29 is 13.2 Å². The quantitative estimate of drug-likeness (QED) is 0.778. The van der Waals surface area contributed by atoms with Gasteiger partial charge in [-0.3, -0.25) is 4.79 Å². The van der Waals surface area contributed by atoms with Crippen LogP contribution in [0.1, 0.15) is 37.6 Å². The van der Waals surface area contributed by atoms with Gasteiger partial charge in [-0.25, -0.2) is 8.42 Å². The third-order valence-corrected chi connectivity index (χ3v) is 8.26. The first-order chi connectivity index (χ1) is 12.6. The van der Waals surface area contributed by atoms with Crippen molar-refractivity contribution in [2.24, 2.45) is 0 Å². The normalized spacial score (nSPS) is 16.0. The highest BCUT2D eigenvalue weighted by atomic mass is 32.2. The van der Waals surface area contributed by atoms with Gasteiger partial charge in [0.05, 0.1) is 10.6 Å². The van der Waals surface area contributed by atoms with E-state index in [9.17, 15) is 13.2 Å². The average Bonchev–Trinajstić information content (AvgIpc) is 3.05. The van der Waals surface area contributed by atoms with Crippen molar-refractivity contribution in [1.82, 2.24) is 18.8 Å². The number of nitrogens with zero attached hydrogens (tertiary/aromatic N) is 4. The van der Waals surface area contributed by atoms with E-state index in [0.29, 0.717) is 28.6 Å². The van der Waals surface area contributed by atoms with Crippen LogP contribution in [0.3, 0.4) is 0 Å². The third kappa shape index (κ3) is 3.51. The fourth-order valence-corrected chi connectivity index (χ4v) is 6.02. The lowest BCUT2D eigenvalue weighted by atomic mass is 10.0. The molecule has 0 radical (unpaired) electrons. The van der Waals surface area contributed by atoms with Crippen molar-refractivity contribution >= 4 is 27.5 Å². The van der Waals surface area contributed by atoms with Crippen molar-refractivity contribution in [2.45, 2.75) is 39.5 Å². The monoisotopic (exact) mass is 408 g/mol. The van der Waals surface area contributed by atoms with Crippen LogP contribution in [0.5, 0.6) is 0 Å². The van der Waals surface area contributed by atoms with Crippen molar-refractivity contribution in [1.29, 1.82) is 0 Å². The lowest BCUT2D eigenvalue weighted by Gasteiger charge is -2.34. The van der Waals surface area contributed by atoms with E-state index in [1.165, 1.54) is 4.31 Å². The smallest absolute Gasteiger partial charge is 0.267 e. The zero-order valence-corrected chi connectivity index (χ0v) is 17.9. The standard InChI is InChI=1S/C18H24N4O3S2/c1-11-10-12(2)14(4)17(13(11)3)27(24,25)22-8-6-21(7-9-22)18(23)16-15(5)19-20-26-16/h10H,6-9H2,1-5H3. The lowest BCUT2D eigenvalue weighted by Crippen LogP contribution is -2.50. The van der Waals surface area contributed by atoms with Crippen LogP contribution in [0, 0.1) is 34.6 Å². The lowest BCUT2D eigenvalue weighted by molar-refractivity contribution is 0.0701. The average molecular weight is 409 g/mol. The number of amides is 1. The summed E-state index contributed by atoms with van der Waals surface area (Å²) in [4.78, 5) is 15.2. The van der Waals surface area contributed by atoms with Crippen LogP contribution in [0.25, 0.3) is 0 Å². The van der Waals surface area contributed by atoms with Crippen LogP contribution in [0.15, 0.2) is 11.0 Å². The molecule has 0 N–H and O–H groups in total. The van der Waals surface area contributed by atoms with Crippen LogP contribution < -0.4 is 0 Å². The van der Waals surface area contributed by atoms with Crippen molar-refractivity contribution in [3.63, 3.8) is 0 Å². The number of rotatable bonds is 3. The van der Waals surface area contributed by atoms with E-state index in [-0.39, 0.29) is 19.0 Å². The summed E-state index contributed by atoms with van der Waals surface area (Å²) in [6, 6.07) is 2.02. The van der Waals surface area contributed by atoms with E-state index in [4.69, 9.17) is 0 Å². The van der Waals surface area contributed by atoms with Gasteiger partial charge in [-0.05, 0) is 68.4 Å². The summed E-state index contributed by atoms with van der Waals surface area (Å²) >= 11 is 1.08. The molecule has 1 aliphatic heterocycles. The molecule has 0 bridgehead atoms. The Balaban J connectivity index is 1.82. The van der Waals surface area contributed by atoms with E-state index in [1.807, 2.05) is 33.8 Å². The number of carbonyl (C=O) groups is 1. The summed E-state index contributed by atoms with van der Waals surface area (Å²) in [5.74, 6) is -0.127. The summed E-state index contributed by atoms with van der Waals surface area (Å²) < 4.78 is 31.9. The second-order valence-corrected chi connectivity index (χ2v) is 9.60. The molecule has 0 spiro atoms. The largest absolute Gasteiger partial charge is 0.335 e. The molecule has 1 aromatic carbocycles. The van der Waals surface area contributed by atoms with Crippen LogP contribution in [-0.2, 0) is 10.0 Å². The summed E-state index contributed by atoms with van der Waals surface area (Å²) in [7, 11) is -3.61. The number of piperazine rings is 1. The summed E-state index contributed by atoms with van der Waals surface area (Å²) in [6.07, 6.45) is 0. The Morgan fingerprint density at radius 3 is 2.04 bits per heavy atom. The molecule has 1 amide bonds. The highest BCUT2D eigenvalue weighted by molar-refractivity contribution is 7.89. The molecular formula is C18H24N4O3S2. The first-order valence-electron chi connectivity index (χ1n) is 8.80. The first-order valence-corrected chi connectivity index (χ1v) is 11.0. The van der Waals surface area contributed by atoms with Crippen molar-refractivity contribution in [3.05, 3.63) is 38.9 Å². The van der Waals surface area contributed by atoms with E-state index in [2.05, 4.69) is 9.59 Å². The van der Waals surface area contributed by atoms with Gasteiger partial charge in [0.1, 0.15) is 4.88 Å². The Kier molecular flexibility index (Phi) is 5.38. The van der Waals surface area contributed by atoms with E-state index >= 15 is 0 Å². The van der Waals surface area contributed by atoms with Gasteiger partial charge in [0.15, 0.2) is 0 Å². The molecule has 3 rings (SSSR count). The van der Waals surface area contributed by atoms with Crippen LogP contribution >= 0.6 is 11.5 Å². The Bertz CT molecular complexity index is 964. The van der Waals surface area contributed by atoms with Gasteiger partial charge >= 0.3 is 0 Å². The molecule has 1 saturated heterocycles. The van der Waals surface area contributed by atoms with Crippen LogP contribution in [0.2, 0.25) is 0 Å². The molecule has 0 aliphatic carbocycles. The number of carbonyl (C=O) groups excluding carboxylic acids is 1. The maximum absolute atomic E-state index is 13.3. The predicted molar refractivity (Wildman–Crippen MR) is 105 cm³/mol. The summed E-state index contributed by atoms with van der Waals surface area (Å²) in [6.45, 7) is 10.6. The Labute approximate surface area is 164 Å². The van der Waals surface area contributed by atoms with Gasteiger partial charge in [0.25, 0.3) is 5.91 Å². The van der Waals surface area contributed by atoms with Gasteiger partial charge in [0.2, 0.25) is 10.0 Å². The first kappa shape index (κ1) is 19.9. The molecule has 9 heteroatoms. The molecule has 27 heavy (non-hydrogen) atoms. The summed E-state index contributed by atoms with van der Waals surface area (Å²) in [5, 5.41) is 3.88. The van der Waals surface area contributed by atoms with Gasteiger partial charge in [0, 0.05) is 26.2 Å². The minimum atomic E-state index is -3.61. The Hall–Kier alpha value is -1.84. The van der Waals surface area contributed by atoms with Crippen molar-refractivity contribution in [3.8, 4) is 0 Å². The second-order valence-electron chi connectivity index (χ2n) is 6.97. The fraction of sp³-hybridized carbons (Fsp3) is 0.500. The highest BCUT2D eigenvalue weighted by Crippen LogP contribution is 2.29. The molecule has 146 valence electrons. The molecule has 1 aliphatic rings. The number of hydrogen-bond donors (Lipinski definition) is 0. The Morgan fingerprint density at radius 1 is 1.00 bits per heavy atom. The maximum Gasteiger partial charge on any atom is 0.267 e. The molecule has 1 aromatic heterocycles. The molecule has 2 heterocycles.